The minimum absolute atomic E-state index is 0.00104. The maximum absolute atomic E-state index is 13.8. The first-order valence-electron chi connectivity index (χ1n) is 7.32. The highest BCUT2D eigenvalue weighted by Gasteiger charge is 2.28. The zero-order valence-corrected chi connectivity index (χ0v) is 13.2. The molecule has 2 rings (SSSR count). The van der Waals surface area contributed by atoms with Crippen molar-refractivity contribution in [3.05, 3.63) is 34.6 Å². The quantitative estimate of drug-likeness (QED) is 0.852. The standard InChI is InChI=1S/C16H21ClFNO2/c1-11(2)19(12-6-8-21-9-7-12)16(20)10-13-14(17)4-3-5-15(13)18/h3-5,11-12H,6-10H2,1-2H3. The SMILES string of the molecule is CC(C)N(C(=O)Cc1c(F)cccc1Cl)C1CCOCC1. The molecule has 1 aromatic rings. The smallest absolute Gasteiger partial charge is 0.227 e. The Morgan fingerprint density at radius 2 is 2.10 bits per heavy atom. The molecule has 1 fully saturated rings. The van der Waals surface area contributed by atoms with E-state index in [4.69, 9.17) is 16.3 Å². The van der Waals surface area contributed by atoms with Gasteiger partial charge in [-0.25, -0.2) is 4.39 Å². The second kappa shape index (κ2) is 7.23. The van der Waals surface area contributed by atoms with E-state index in [0.717, 1.165) is 12.8 Å². The van der Waals surface area contributed by atoms with Crippen molar-refractivity contribution in [1.82, 2.24) is 4.90 Å². The molecule has 0 N–H and O–H groups in total. The fourth-order valence-electron chi connectivity index (χ4n) is 2.82. The Kier molecular flexibility index (Phi) is 5.59. The van der Waals surface area contributed by atoms with E-state index < -0.39 is 5.82 Å². The molecule has 1 heterocycles. The second-order valence-electron chi connectivity index (χ2n) is 5.62. The molecule has 3 nitrogen and oxygen atoms in total. The van der Waals surface area contributed by atoms with E-state index >= 15 is 0 Å². The van der Waals surface area contributed by atoms with Crippen LogP contribution in [0.3, 0.4) is 0 Å². The summed E-state index contributed by atoms with van der Waals surface area (Å²) in [4.78, 5) is 14.5. The highest BCUT2D eigenvalue weighted by Crippen LogP contribution is 2.23. The lowest BCUT2D eigenvalue weighted by Crippen LogP contribution is -2.48. The Morgan fingerprint density at radius 1 is 1.43 bits per heavy atom. The summed E-state index contributed by atoms with van der Waals surface area (Å²) in [5.41, 5.74) is 0.280. The van der Waals surface area contributed by atoms with Crippen LogP contribution < -0.4 is 0 Å². The van der Waals surface area contributed by atoms with Gasteiger partial charge in [0.15, 0.2) is 0 Å². The van der Waals surface area contributed by atoms with Crippen LogP contribution in [0.25, 0.3) is 0 Å². The minimum Gasteiger partial charge on any atom is -0.381 e. The van der Waals surface area contributed by atoms with Gasteiger partial charge in [-0.2, -0.15) is 0 Å². The van der Waals surface area contributed by atoms with Gasteiger partial charge in [0.25, 0.3) is 0 Å². The average molecular weight is 314 g/mol. The molecule has 21 heavy (non-hydrogen) atoms. The van der Waals surface area contributed by atoms with Gasteiger partial charge in [0, 0.05) is 35.9 Å². The zero-order chi connectivity index (χ0) is 15.4. The Labute approximate surface area is 130 Å². The van der Waals surface area contributed by atoms with Crippen molar-refractivity contribution in [2.24, 2.45) is 0 Å². The van der Waals surface area contributed by atoms with E-state index in [1.165, 1.54) is 6.07 Å². The number of carbonyl (C=O) groups is 1. The molecule has 0 aliphatic carbocycles. The summed E-state index contributed by atoms with van der Waals surface area (Å²) >= 11 is 6.01. The van der Waals surface area contributed by atoms with E-state index in [0.29, 0.717) is 18.2 Å². The third kappa shape index (κ3) is 3.95. The molecule has 0 aromatic heterocycles. The van der Waals surface area contributed by atoms with Crippen LogP contribution in [0.2, 0.25) is 5.02 Å². The van der Waals surface area contributed by atoms with Crippen LogP contribution in [-0.2, 0) is 16.0 Å². The van der Waals surface area contributed by atoms with Crippen molar-refractivity contribution in [1.29, 1.82) is 0 Å². The maximum Gasteiger partial charge on any atom is 0.227 e. The number of hydrogen-bond donors (Lipinski definition) is 0. The van der Waals surface area contributed by atoms with E-state index in [1.807, 2.05) is 18.7 Å². The first kappa shape index (κ1) is 16.2. The average Bonchev–Trinajstić information content (AvgIpc) is 2.44. The van der Waals surface area contributed by atoms with Crippen LogP contribution in [0.5, 0.6) is 0 Å². The normalized spacial score (nSPS) is 16.2. The number of amides is 1. The van der Waals surface area contributed by atoms with Gasteiger partial charge < -0.3 is 9.64 Å². The lowest BCUT2D eigenvalue weighted by atomic mass is 10.0. The Balaban J connectivity index is 2.15. The number of benzene rings is 1. The second-order valence-corrected chi connectivity index (χ2v) is 6.02. The maximum atomic E-state index is 13.8. The first-order chi connectivity index (χ1) is 10.0. The number of halogens is 2. The molecule has 0 saturated carbocycles. The predicted molar refractivity (Wildman–Crippen MR) is 80.9 cm³/mol. The molecular formula is C16H21ClFNO2. The van der Waals surface area contributed by atoms with Crippen molar-refractivity contribution in [2.45, 2.75) is 45.2 Å². The van der Waals surface area contributed by atoms with E-state index in [-0.39, 0.29) is 30.0 Å². The van der Waals surface area contributed by atoms with Crippen molar-refractivity contribution >= 4 is 17.5 Å². The lowest BCUT2D eigenvalue weighted by Gasteiger charge is -2.37. The van der Waals surface area contributed by atoms with Crippen LogP contribution in [0.15, 0.2) is 18.2 Å². The fraction of sp³-hybridized carbons (Fsp3) is 0.562. The van der Waals surface area contributed by atoms with Gasteiger partial charge in [-0.15, -0.1) is 0 Å². The van der Waals surface area contributed by atoms with Crippen LogP contribution in [0, 0.1) is 5.82 Å². The van der Waals surface area contributed by atoms with Crippen LogP contribution >= 0.6 is 11.6 Å². The summed E-state index contributed by atoms with van der Waals surface area (Å²) in [5.74, 6) is -0.504. The van der Waals surface area contributed by atoms with E-state index in [2.05, 4.69) is 0 Å². The van der Waals surface area contributed by atoms with Gasteiger partial charge in [0.05, 0.1) is 6.42 Å². The molecule has 5 heteroatoms. The molecule has 0 atom stereocenters. The van der Waals surface area contributed by atoms with Crippen LogP contribution in [0.4, 0.5) is 4.39 Å². The third-order valence-electron chi connectivity index (χ3n) is 3.82. The molecule has 0 radical (unpaired) electrons. The Bertz CT molecular complexity index is 481. The number of hydrogen-bond acceptors (Lipinski definition) is 2. The highest BCUT2D eigenvalue weighted by molar-refractivity contribution is 6.31. The van der Waals surface area contributed by atoms with Crippen LogP contribution in [0.1, 0.15) is 32.3 Å². The van der Waals surface area contributed by atoms with Gasteiger partial charge >= 0.3 is 0 Å². The van der Waals surface area contributed by atoms with Crippen molar-refractivity contribution < 1.29 is 13.9 Å². The molecule has 1 aromatic carbocycles. The summed E-state index contributed by atoms with van der Waals surface area (Å²) in [5, 5.41) is 0.305. The molecule has 1 amide bonds. The molecule has 0 bridgehead atoms. The highest BCUT2D eigenvalue weighted by atomic mass is 35.5. The first-order valence-corrected chi connectivity index (χ1v) is 7.70. The van der Waals surface area contributed by atoms with E-state index in [1.54, 1.807) is 12.1 Å². The Hall–Kier alpha value is -1.13. The van der Waals surface area contributed by atoms with Crippen molar-refractivity contribution in [2.75, 3.05) is 13.2 Å². The molecular weight excluding hydrogens is 293 g/mol. The molecule has 1 saturated heterocycles. The molecule has 0 unspecified atom stereocenters. The summed E-state index contributed by atoms with van der Waals surface area (Å²) in [6.45, 7) is 5.30. The topological polar surface area (TPSA) is 29.5 Å². The lowest BCUT2D eigenvalue weighted by molar-refractivity contribution is -0.137. The number of ether oxygens (including phenoxy) is 1. The van der Waals surface area contributed by atoms with Gasteiger partial charge in [-0.05, 0) is 38.8 Å². The predicted octanol–water partition coefficient (Wildman–Crippen LogP) is 3.44. The Morgan fingerprint density at radius 3 is 2.67 bits per heavy atom. The minimum atomic E-state index is -0.425. The number of rotatable bonds is 4. The fourth-order valence-corrected chi connectivity index (χ4v) is 3.05. The number of carbonyl (C=O) groups excluding carboxylic acids is 1. The van der Waals surface area contributed by atoms with Crippen molar-refractivity contribution in [3.8, 4) is 0 Å². The summed E-state index contributed by atoms with van der Waals surface area (Å²) in [6.07, 6.45) is 1.66. The molecule has 0 spiro atoms. The number of nitrogens with zero attached hydrogens (tertiary/aromatic N) is 1. The van der Waals surface area contributed by atoms with Crippen molar-refractivity contribution in [3.63, 3.8) is 0 Å². The summed E-state index contributed by atoms with van der Waals surface area (Å²) in [7, 11) is 0. The zero-order valence-electron chi connectivity index (χ0n) is 12.4. The summed E-state index contributed by atoms with van der Waals surface area (Å²) in [6, 6.07) is 4.73. The van der Waals surface area contributed by atoms with Crippen LogP contribution in [-0.4, -0.2) is 36.1 Å². The third-order valence-corrected chi connectivity index (χ3v) is 4.17. The molecule has 1 aliphatic rings. The molecule has 116 valence electrons. The van der Waals surface area contributed by atoms with Gasteiger partial charge in [-0.3, -0.25) is 4.79 Å². The molecule has 1 aliphatic heterocycles. The monoisotopic (exact) mass is 313 g/mol. The van der Waals surface area contributed by atoms with E-state index in [9.17, 15) is 9.18 Å². The largest absolute Gasteiger partial charge is 0.381 e. The van der Waals surface area contributed by atoms with Gasteiger partial charge in [-0.1, -0.05) is 17.7 Å². The van der Waals surface area contributed by atoms with Gasteiger partial charge in [0.1, 0.15) is 5.82 Å². The van der Waals surface area contributed by atoms with Gasteiger partial charge in [0.2, 0.25) is 5.91 Å². The summed E-state index contributed by atoms with van der Waals surface area (Å²) < 4.78 is 19.2.